The number of piperidine rings is 1. The first kappa shape index (κ1) is 30.6. The van der Waals surface area contributed by atoms with E-state index in [1.54, 1.807) is 35.4 Å². The molecule has 1 saturated heterocycles. The number of hydrogen-bond donors (Lipinski definition) is 2. The molecule has 0 saturated carbocycles. The fourth-order valence-electron chi connectivity index (χ4n) is 6.62. The molecule has 1 aromatic heterocycles. The van der Waals surface area contributed by atoms with Crippen molar-refractivity contribution in [1.29, 1.82) is 0 Å². The van der Waals surface area contributed by atoms with Crippen LogP contribution >= 0.6 is 11.6 Å². The molecule has 0 aliphatic carbocycles. The number of carbonyl (C=O) groups excluding carboxylic acids is 4. The molecule has 6 rings (SSSR count). The number of anilines is 2. The zero-order valence-corrected chi connectivity index (χ0v) is 26.0. The fraction of sp³-hybridized carbons (Fsp3) is 0.382. The number of amides is 3. The number of likely N-dealkylation sites (tertiary alicyclic amines) is 1. The number of fused-ring (bicyclic) bond motifs is 6. The van der Waals surface area contributed by atoms with Crippen LogP contribution in [0.1, 0.15) is 61.8 Å². The number of esters is 1. The van der Waals surface area contributed by atoms with Gasteiger partial charge in [-0.3, -0.25) is 24.7 Å². The maximum atomic E-state index is 14.4. The quantitative estimate of drug-likeness (QED) is 0.338. The third-order valence-electron chi connectivity index (χ3n) is 9.01. The Kier molecular flexibility index (Phi) is 8.50. The van der Waals surface area contributed by atoms with Crippen molar-refractivity contribution in [2.45, 2.75) is 57.0 Å². The van der Waals surface area contributed by atoms with Gasteiger partial charge in [-0.15, -0.1) is 0 Å². The SMILES string of the molecule is COC(=O)Cc1ccc2c(c1)NC(=O)[C@@H](C)CCC[C@H](C(=O)N1CCC[C@@]3(C1)OC(=O)Nc1ccc(Cl)cc13)c1cc-2ccn1. The highest BCUT2D eigenvalue weighted by Crippen LogP contribution is 2.44. The van der Waals surface area contributed by atoms with Gasteiger partial charge in [-0.25, -0.2) is 4.79 Å². The second-order valence-electron chi connectivity index (χ2n) is 12.0. The number of ether oxygens (including phenoxy) is 2. The molecule has 2 N–H and O–H groups in total. The number of carbonyl (C=O) groups is 4. The van der Waals surface area contributed by atoms with Crippen molar-refractivity contribution >= 4 is 46.9 Å². The van der Waals surface area contributed by atoms with E-state index in [0.717, 1.165) is 16.7 Å². The molecule has 1 spiro atoms. The van der Waals surface area contributed by atoms with Gasteiger partial charge in [-0.1, -0.05) is 37.1 Å². The fourth-order valence-corrected chi connectivity index (χ4v) is 6.79. The summed E-state index contributed by atoms with van der Waals surface area (Å²) in [7, 11) is 1.34. The van der Waals surface area contributed by atoms with E-state index in [2.05, 4.69) is 15.6 Å². The van der Waals surface area contributed by atoms with Crippen LogP contribution in [0.4, 0.5) is 16.2 Å². The van der Waals surface area contributed by atoms with Gasteiger partial charge in [0.25, 0.3) is 0 Å². The second kappa shape index (κ2) is 12.5. The van der Waals surface area contributed by atoms with Crippen molar-refractivity contribution in [3.63, 3.8) is 0 Å². The van der Waals surface area contributed by atoms with Crippen molar-refractivity contribution in [1.82, 2.24) is 9.88 Å². The summed E-state index contributed by atoms with van der Waals surface area (Å²) in [4.78, 5) is 58.7. The van der Waals surface area contributed by atoms with E-state index in [4.69, 9.17) is 21.1 Å². The van der Waals surface area contributed by atoms with Crippen LogP contribution in [0.25, 0.3) is 11.1 Å². The Balaban J connectivity index is 1.35. The van der Waals surface area contributed by atoms with Crippen molar-refractivity contribution in [2.24, 2.45) is 5.92 Å². The van der Waals surface area contributed by atoms with Crippen LogP contribution in [0.2, 0.25) is 5.02 Å². The molecule has 3 atom stereocenters. The summed E-state index contributed by atoms with van der Waals surface area (Å²) in [6.45, 7) is 2.59. The lowest BCUT2D eigenvalue weighted by molar-refractivity contribution is -0.141. The third kappa shape index (κ3) is 6.24. The zero-order valence-electron chi connectivity index (χ0n) is 25.2. The lowest BCUT2D eigenvalue weighted by atomic mass is 9.82. The van der Waals surface area contributed by atoms with Gasteiger partial charge in [-0.05, 0) is 73.2 Å². The number of methoxy groups -OCH3 is 1. The Labute approximate surface area is 266 Å². The number of halogens is 1. The maximum Gasteiger partial charge on any atom is 0.412 e. The van der Waals surface area contributed by atoms with E-state index >= 15 is 0 Å². The first-order valence-corrected chi connectivity index (χ1v) is 15.6. The molecule has 2 aromatic carbocycles. The van der Waals surface area contributed by atoms with Gasteiger partial charge < -0.3 is 19.7 Å². The van der Waals surface area contributed by atoms with Crippen LogP contribution in [-0.4, -0.2) is 54.0 Å². The highest BCUT2D eigenvalue weighted by molar-refractivity contribution is 6.30. The monoisotopic (exact) mass is 630 g/mol. The molecule has 10 nitrogen and oxygen atoms in total. The highest BCUT2D eigenvalue weighted by Gasteiger charge is 2.47. The van der Waals surface area contributed by atoms with E-state index in [-0.39, 0.29) is 36.7 Å². The number of nitrogens with one attached hydrogen (secondary N) is 2. The molecule has 3 aliphatic heterocycles. The van der Waals surface area contributed by atoms with Gasteiger partial charge in [-0.2, -0.15) is 0 Å². The average Bonchev–Trinajstić information content (AvgIpc) is 3.03. The van der Waals surface area contributed by atoms with Crippen molar-refractivity contribution in [2.75, 3.05) is 30.8 Å². The number of benzene rings is 2. The number of nitrogens with zero attached hydrogens (tertiary/aromatic N) is 2. The Morgan fingerprint density at radius 1 is 1.07 bits per heavy atom. The van der Waals surface area contributed by atoms with Crippen molar-refractivity contribution < 1.29 is 28.7 Å². The molecule has 0 radical (unpaired) electrons. The molecular formula is C34H35ClN4O6. The minimum Gasteiger partial charge on any atom is -0.469 e. The third-order valence-corrected chi connectivity index (χ3v) is 9.24. The maximum absolute atomic E-state index is 14.4. The lowest BCUT2D eigenvalue weighted by Gasteiger charge is -2.45. The Morgan fingerprint density at radius 3 is 2.73 bits per heavy atom. The summed E-state index contributed by atoms with van der Waals surface area (Å²) in [6.07, 6.45) is 4.12. The van der Waals surface area contributed by atoms with E-state index in [1.165, 1.54) is 7.11 Å². The van der Waals surface area contributed by atoms with E-state index in [0.29, 0.717) is 66.3 Å². The van der Waals surface area contributed by atoms with Gasteiger partial charge in [0.2, 0.25) is 11.8 Å². The molecule has 4 heterocycles. The van der Waals surface area contributed by atoms with Crippen LogP contribution in [0.3, 0.4) is 0 Å². The van der Waals surface area contributed by atoms with Crippen LogP contribution in [0, 0.1) is 5.92 Å². The zero-order chi connectivity index (χ0) is 31.7. The Hall–Kier alpha value is -4.44. The molecule has 234 valence electrons. The predicted molar refractivity (Wildman–Crippen MR) is 169 cm³/mol. The molecular weight excluding hydrogens is 596 g/mol. The number of hydrogen-bond acceptors (Lipinski definition) is 7. The van der Waals surface area contributed by atoms with Crippen LogP contribution in [0.5, 0.6) is 0 Å². The molecule has 3 aromatic rings. The molecule has 45 heavy (non-hydrogen) atoms. The summed E-state index contributed by atoms with van der Waals surface area (Å²) >= 11 is 6.35. The van der Waals surface area contributed by atoms with E-state index in [9.17, 15) is 19.2 Å². The molecule has 0 unspecified atom stereocenters. The standard InChI is InChI=1S/C34H35ClN4O6/c1-20-5-3-6-25(32(42)39-14-4-12-34(19-39)26-18-23(35)8-10-27(26)38-33(43)45-34)28-17-22(11-13-36-28)24-9-7-21(16-30(40)44-2)15-29(24)37-31(20)41/h7-11,13,15,17-18,20,25H,3-6,12,14,16,19H2,1-2H3,(H,37,41)(H,38,43)/t20-,25-,34-/m0/s1. The number of pyridine rings is 1. The summed E-state index contributed by atoms with van der Waals surface area (Å²) < 4.78 is 10.8. The number of aromatic nitrogens is 1. The smallest absolute Gasteiger partial charge is 0.412 e. The second-order valence-corrected chi connectivity index (χ2v) is 12.5. The van der Waals surface area contributed by atoms with Crippen LogP contribution in [0.15, 0.2) is 54.7 Å². The normalized spacial score (nSPS) is 22.9. The van der Waals surface area contributed by atoms with Gasteiger partial charge >= 0.3 is 12.1 Å². The topological polar surface area (TPSA) is 127 Å². The molecule has 11 heteroatoms. The molecule has 3 amide bonds. The summed E-state index contributed by atoms with van der Waals surface area (Å²) in [5.41, 5.74) is 3.85. The minimum atomic E-state index is -1.01. The molecule has 2 bridgehead atoms. The average molecular weight is 631 g/mol. The van der Waals surface area contributed by atoms with Gasteiger partial charge in [0.15, 0.2) is 5.60 Å². The van der Waals surface area contributed by atoms with Crippen molar-refractivity contribution in [3.05, 3.63) is 76.6 Å². The minimum absolute atomic E-state index is 0.0761. The summed E-state index contributed by atoms with van der Waals surface area (Å²) in [6, 6.07) is 14.5. The Bertz CT molecular complexity index is 1680. The first-order chi connectivity index (χ1) is 21.7. The molecule has 3 aliphatic rings. The van der Waals surface area contributed by atoms with E-state index < -0.39 is 17.6 Å². The van der Waals surface area contributed by atoms with Crippen LogP contribution in [-0.2, 0) is 35.9 Å². The highest BCUT2D eigenvalue weighted by atomic mass is 35.5. The Morgan fingerprint density at radius 2 is 1.91 bits per heavy atom. The van der Waals surface area contributed by atoms with Gasteiger partial charge in [0, 0.05) is 40.5 Å². The predicted octanol–water partition coefficient (Wildman–Crippen LogP) is 6.04. The molecule has 1 fully saturated rings. The van der Waals surface area contributed by atoms with Crippen molar-refractivity contribution in [3.8, 4) is 11.1 Å². The van der Waals surface area contributed by atoms with E-state index in [1.807, 2.05) is 31.2 Å². The number of rotatable bonds is 3. The lowest BCUT2D eigenvalue weighted by Crippen LogP contribution is -2.54. The van der Waals surface area contributed by atoms with Gasteiger partial charge in [0.1, 0.15) is 0 Å². The largest absolute Gasteiger partial charge is 0.469 e. The summed E-state index contributed by atoms with van der Waals surface area (Å²) in [5, 5.41) is 6.33. The first-order valence-electron chi connectivity index (χ1n) is 15.2. The van der Waals surface area contributed by atoms with Crippen LogP contribution < -0.4 is 10.6 Å². The summed E-state index contributed by atoms with van der Waals surface area (Å²) in [5.74, 6) is -1.47. The van der Waals surface area contributed by atoms with Gasteiger partial charge in [0.05, 0.1) is 37.4 Å².